The Balaban J connectivity index is 1.74. The van der Waals surface area contributed by atoms with Crippen LogP contribution in [0.5, 0.6) is 17.2 Å². The zero-order valence-electron chi connectivity index (χ0n) is 15.8. The van der Waals surface area contributed by atoms with Crippen molar-refractivity contribution in [3.05, 3.63) is 17.2 Å². The zero-order chi connectivity index (χ0) is 18.5. The summed E-state index contributed by atoms with van der Waals surface area (Å²) in [6.45, 7) is 2.74. The van der Waals surface area contributed by atoms with E-state index in [-0.39, 0.29) is 12.1 Å². The lowest BCUT2D eigenvalue weighted by atomic mass is 10.0. The highest BCUT2D eigenvalue weighted by molar-refractivity contribution is 5.75. The van der Waals surface area contributed by atoms with Gasteiger partial charge in [-0.2, -0.15) is 0 Å². The van der Waals surface area contributed by atoms with Gasteiger partial charge in [-0.15, -0.1) is 0 Å². The summed E-state index contributed by atoms with van der Waals surface area (Å²) in [5.41, 5.74) is 2.23. The normalized spacial score (nSPS) is 17.9. The molecule has 0 aliphatic carbocycles. The van der Waals surface area contributed by atoms with Crippen molar-refractivity contribution in [2.24, 2.45) is 0 Å². The van der Waals surface area contributed by atoms with Crippen LogP contribution in [0.15, 0.2) is 6.07 Å². The first-order valence-electron chi connectivity index (χ1n) is 9.11. The number of nitrogens with one attached hydrogen (secondary N) is 1. The van der Waals surface area contributed by atoms with Gasteiger partial charge in [0.05, 0.1) is 21.3 Å². The summed E-state index contributed by atoms with van der Waals surface area (Å²) >= 11 is 0. The lowest BCUT2D eigenvalue weighted by Crippen LogP contribution is -2.47. The standard InChI is InChI=1S/C19H28N2O5/c1-23-16-12-13-4-8-21(19(22)20-14-6-10-26-11-7-14)9-5-15(13)17(24-2)18(16)25-3/h12,14H,4-11H2,1-3H3,(H,20,22). The Morgan fingerprint density at radius 2 is 1.77 bits per heavy atom. The number of urea groups is 1. The molecule has 2 aliphatic heterocycles. The number of carbonyl (C=O) groups is 1. The van der Waals surface area contributed by atoms with Gasteiger partial charge in [-0.25, -0.2) is 4.79 Å². The Morgan fingerprint density at radius 1 is 1.08 bits per heavy atom. The van der Waals surface area contributed by atoms with Crippen molar-refractivity contribution in [1.82, 2.24) is 10.2 Å². The summed E-state index contributed by atoms with van der Waals surface area (Å²) in [7, 11) is 4.86. The Morgan fingerprint density at radius 3 is 2.42 bits per heavy atom. The maximum absolute atomic E-state index is 12.7. The molecule has 0 atom stereocenters. The second-order valence-electron chi connectivity index (χ2n) is 6.61. The fourth-order valence-corrected chi connectivity index (χ4v) is 3.69. The van der Waals surface area contributed by atoms with Crippen molar-refractivity contribution in [3.63, 3.8) is 0 Å². The van der Waals surface area contributed by atoms with Crippen LogP contribution in [0.25, 0.3) is 0 Å². The fourth-order valence-electron chi connectivity index (χ4n) is 3.69. The van der Waals surface area contributed by atoms with Crippen molar-refractivity contribution in [2.45, 2.75) is 31.7 Å². The highest BCUT2D eigenvalue weighted by Crippen LogP contribution is 2.43. The first-order valence-corrected chi connectivity index (χ1v) is 9.11. The minimum Gasteiger partial charge on any atom is -0.493 e. The zero-order valence-corrected chi connectivity index (χ0v) is 15.8. The van der Waals surface area contributed by atoms with E-state index in [1.165, 1.54) is 0 Å². The molecule has 0 bridgehead atoms. The molecule has 7 nitrogen and oxygen atoms in total. The van der Waals surface area contributed by atoms with Crippen molar-refractivity contribution < 1.29 is 23.7 Å². The third-order valence-electron chi connectivity index (χ3n) is 5.14. The molecule has 2 amide bonds. The minimum absolute atomic E-state index is 0.00241. The van der Waals surface area contributed by atoms with Gasteiger partial charge < -0.3 is 29.2 Å². The summed E-state index contributed by atoms with van der Waals surface area (Å²) < 4.78 is 21.9. The van der Waals surface area contributed by atoms with Crippen molar-refractivity contribution in [1.29, 1.82) is 0 Å². The van der Waals surface area contributed by atoms with Crippen LogP contribution < -0.4 is 19.5 Å². The molecule has 0 spiro atoms. The second kappa shape index (κ2) is 8.49. The first-order chi connectivity index (χ1) is 12.7. The number of rotatable bonds is 4. The number of hydrogen-bond donors (Lipinski definition) is 1. The monoisotopic (exact) mass is 364 g/mol. The molecule has 0 saturated carbocycles. The lowest BCUT2D eigenvalue weighted by molar-refractivity contribution is 0.0781. The molecular weight excluding hydrogens is 336 g/mol. The maximum Gasteiger partial charge on any atom is 0.317 e. The van der Waals surface area contributed by atoms with Crippen LogP contribution >= 0.6 is 0 Å². The lowest BCUT2D eigenvalue weighted by Gasteiger charge is -2.27. The molecule has 2 aliphatic rings. The molecule has 144 valence electrons. The van der Waals surface area contributed by atoms with Gasteiger partial charge in [-0.3, -0.25) is 0 Å². The molecule has 0 aromatic heterocycles. The molecule has 26 heavy (non-hydrogen) atoms. The van der Waals surface area contributed by atoms with E-state index in [1.54, 1.807) is 21.3 Å². The second-order valence-corrected chi connectivity index (χ2v) is 6.61. The van der Waals surface area contributed by atoms with E-state index in [1.807, 2.05) is 11.0 Å². The number of ether oxygens (including phenoxy) is 4. The van der Waals surface area contributed by atoms with Gasteiger partial charge in [-0.1, -0.05) is 0 Å². The topological polar surface area (TPSA) is 69.3 Å². The summed E-state index contributed by atoms with van der Waals surface area (Å²) in [5.74, 6) is 1.96. The molecule has 1 aromatic carbocycles. The van der Waals surface area contributed by atoms with Gasteiger partial charge in [0.25, 0.3) is 0 Å². The summed E-state index contributed by atoms with van der Waals surface area (Å²) in [5, 5.41) is 3.14. The van der Waals surface area contributed by atoms with Crippen molar-refractivity contribution >= 4 is 6.03 Å². The molecule has 7 heteroatoms. The van der Waals surface area contributed by atoms with E-state index in [2.05, 4.69) is 5.32 Å². The first kappa shape index (κ1) is 18.6. The highest BCUT2D eigenvalue weighted by Gasteiger charge is 2.26. The number of nitrogens with zero attached hydrogens (tertiary/aromatic N) is 1. The molecule has 1 fully saturated rings. The number of hydrogen-bond acceptors (Lipinski definition) is 5. The molecule has 1 saturated heterocycles. The minimum atomic E-state index is 0.00241. The molecule has 0 radical (unpaired) electrons. The van der Waals surface area contributed by atoms with E-state index < -0.39 is 0 Å². The van der Waals surface area contributed by atoms with E-state index in [0.717, 1.165) is 36.8 Å². The molecule has 2 heterocycles. The van der Waals surface area contributed by atoms with E-state index in [4.69, 9.17) is 18.9 Å². The Bertz CT molecular complexity index is 643. The highest BCUT2D eigenvalue weighted by atomic mass is 16.5. The summed E-state index contributed by atoms with van der Waals surface area (Å²) in [6.07, 6.45) is 3.23. The average Bonchev–Trinajstić information content (AvgIpc) is 2.89. The molecular formula is C19H28N2O5. The number of methoxy groups -OCH3 is 3. The third-order valence-corrected chi connectivity index (χ3v) is 5.14. The van der Waals surface area contributed by atoms with Gasteiger partial charge >= 0.3 is 6.03 Å². The average molecular weight is 364 g/mol. The van der Waals surface area contributed by atoms with Crippen molar-refractivity contribution in [3.8, 4) is 17.2 Å². The van der Waals surface area contributed by atoms with Crippen LogP contribution in [0.3, 0.4) is 0 Å². The van der Waals surface area contributed by atoms with Crippen LogP contribution in [-0.2, 0) is 17.6 Å². The largest absolute Gasteiger partial charge is 0.493 e. The summed E-state index contributed by atoms with van der Waals surface area (Å²) in [4.78, 5) is 14.5. The van der Waals surface area contributed by atoms with Gasteiger partial charge in [0, 0.05) is 37.9 Å². The van der Waals surface area contributed by atoms with Gasteiger partial charge in [0.15, 0.2) is 11.5 Å². The van der Waals surface area contributed by atoms with Crippen LogP contribution in [0.2, 0.25) is 0 Å². The molecule has 1 aromatic rings. The van der Waals surface area contributed by atoms with Crippen LogP contribution in [0.4, 0.5) is 4.79 Å². The van der Waals surface area contributed by atoms with Gasteiger partial charge in [0.2, 0.25) is 5.75 Å². The predicted molar refractivity (Wildman–Crippen MR) is 97.5 cm³/mol. The van der Waals surface area contributed by atoms with Crippen LogP contribution in [-0.4, -0.2) is 64.6 Å². The Kier molecular flexibility index (Phi) is 6.08. The summed E-state index contributed by atoms with van der Waals surface area (Å²) in [6, 6.07) is 2.20. The maximum atomic E-state index is 12.7. The third kappa shape index (κ3) is 3.82. The van der Waals surface area contributed by atoms with E-state index >= 15 is 0 Å². The molecule has 0 unspecified atom stereocenters. The number of carbonyl (C=O) groups excluding carboxylic acids is 1. The smallest absolute Gasteiger partial charge is 0.317 e. The molecule has 3 rings (SSSR count). The van der Waals surface area contributed by atoms with E-state index in [9.17, 15) is 4.79 Å². The SMILES string of the molecule is COc1cc2c(c(OC)c1OC)CCN(C(=O)NC1CCOCC1)CC2. The molecule has 1 N–H and O–H groups in total. The van der Waals surface area contributed by atoms with Crippen LogP contribution in [0, 0.1) is 0 Å². The number of amides is 2. The fraction of sp³-hybridized carbons (Fsp3) is 0.632. The van der Waals surface area contributed by atoms with E-state index in [0.29, 0.717) is 43.6 Å². The van der Waals surface area contributed by atoms with Crippen LogP contribution in [0.1, 0.15) is 24.0 Å². The van der Waals surface area contributed by atoms with Gasteiger partial charge in [-0.05, 0) is 37.3 Å². The number of fused-ring (bicyclic) bond motifs is 1. The Labute approximate surface area is 154 Å². The van der Waals surface area contributed by atoms with Crippen molar-refractivity contribution in [2.75, 3.05) is 47.6 Å². The number of benzene rings is 1. The predicted octanol–water partition coefficient (Wildman–Crippen LogP) is 2.00. The Hall–Kier alpha value is -2.15. The quantitative estimate of drug-likeness (QED) is 0.885. The van der Waals surface area contributed by atoms with Gasteiger partial charge in [0.1, 0.15) is 0 Å².